The molecule has 0 atom stereocenters. The van der Waals surface area contributed by atoms with E-state index in [0.29, 0.717) is 6.04 Å². The first-order valence-electron chi connectivity index (χ1n) is 5.23. The van der Waals surface area contributed by atoms with Gasteiger partial charge in [-0.15, -0.1) is 0 Å². The van der Waals surface area contributed by atoms with Crippen molar-refractivity contribution in [2.45, 2.75) is 45.6 Å². The number of nitrogens with one attached hydrogen (secondary N) is 2. The smallest absolute Gasteiger partial charge is 0.106 e. The zero-order chi connectivity index (χ0) is 9.26. The SMILES string of the molecule is CC(C)Nc1[nH]cc2c1CCCC2. The molecule has 72 valence electrons. The molecule has 2 rings (SSSR count). The van der Waals surface area contributed by atoms with E-state index >= 15 is 0 Å². The van der Waals surface area contributed by atoms with Gasteiger partial charge < -0.3 is 10.3 Å². The molecule has 0 spiro atoms. The number of H-pyrrole nitrogens is 1. The van der Waals surface area contributed by atoms with Gasteiger partial charge in [0.25, 0.3) is 0 Å². The second-order valence-corrected chi connectivity index (χ2v) is 4.17. The Labute approximate surface area is 79.7 Å². The van der Waals surface area contributed by atoms with Crippen molar-refractivity contribution in [3.05, 3.63) is 17.3 Å². The van der Waals surface area contributed by atoms with Gasteiger partial charge in [0.1, 0.15) is 5.82 Å². The summed E-state index contributed by atoms with van der Waals surface area (Å²) in [6.07, 6.45) is 7.36. The Bertz CT molecular complexity index is 286. The van der Waals surface area contributed by atoms with Gasteiger partial charge in [-0.25, -0.2) is 0 Å². The summed E-state index contributed by atoms with van der Waals surface area (Å²) in [4.78, 5) is 3.34. The third-order valence-electron chi connectivity index (χ3n) is 2.64. The number of fused-ring (bicyclic) bond motifs is 1. The van der Waals surface area contributed by atoms with Crippen LogP contribution < -0.4 is 5.32 Å². The topological polar surface area (TPSA) is 27.8 Å². The molecule has 0 fully saturated rings. The average Bonchev–Trinajstić information content (AvgIpc) is 2.48. The molecule has 13 heavy (non-hydrogen) atoms. The Kier molecular flexibility index (Phi) is 2.30. The van der Waals surface area contributed by atoms with Crippen LogP contribution in [0.4, 0.5) is 5.82 Å². The summed E-state index contributed by atoms with van der Waals surface area (Å²) in [5.41, 5.74) is 3.05. The first-order valence-corrected chi connectivity index (χ1v) is 5.23. The standard InChI is InChI=1S/C11H18N2/c1-8(2)13-11-10-6-4-3-5-9(10)7-12-11/h7-8,12-13H,3-6H2,1-2H3. The summed E-state index contributed by atoms with van der Waals surface area (Å²) in [6, 6.07) is 0.518. The zero-order valence-corrected chi connectivity index (χ0v) is 8.48. The molecule has 1 aliphatic carbocycles. The Morgan fingerprint density at radius 3 is 2.85 bits per heavy atom. The molecule has 1 aliphatic rings. The highest BCUT2D eigenvalue weighted by Gasteiger charge is 2.14. The fourth-order valence-corrected chi connectivity index (χ4v) is 2.04. The summed E-state index contributed by atoms with van der Waals surface area (Å²) in [6.45, 7) is 4.35. The van der Waals surface area contributed by atoms with E-state index in [0.717, 1.165) is 0 Å². The Hall–Kier alpha value is -0.920. The number of hydrogen-bond acceptors (Lipinski definition) is 1. The molecular formula is C11H18N2. The van der Waals surface area contributed by atoms with Crippen molar-refractivity contribution in [2.75, 3.05) is 5.32 Å². The lowest BCUT2D eigenvalue weighted by Crippen LogP contribution is -2.12. The van der Waals surface area contributed by atoms with Crippen LogP contribution in [0.1, 0.15) is 37.8 Å². The van der Waals surface area contributed by atoms with Crippen LogP contribution in [0.5, 0.6) is 0 Å². The molecule has 1 aromatic rings. The van der Waals surface area contributed by atoms with E-state index in [1.807, 2.05) is 0 Å². The van der Waals surface area contributed by atoms with E-state index in [9.17, 15) is 0 Å². The monoisotopic (exact) mass is 178 g/mol. The van der Waals surface area contributed by atoms with Crippen LogP contribution in [0.2, 0.25) is 0 Å². The third kappa shape index (κ3) is 1.71. The molecule has 2 N–H and O–H groups in total. The van der Waals surface area contributed by atoms with E-state index in [4.69, 9.17) is 0 Å². The van der Waals surface area contributed by atoms with Gasteiger partial charge in [-0.3, -0.25) is 0 Å². The van der Waals surface area contributed by atoms with Gasteiger partial charge in [0.2, 0.25) is 0 Å². The summed E-state index contributed by atoms with van der Waals surface area (Å²) in [5.74, 6) is 1.25. The molecule has 0 unspecified atom stereocenters. The van der Waals surface area contributed by atoms with Crippen molar-refractivity contribution in [1.29, 1.82) is 0 Å². The number of hydrogen-bond donors (Lipinski definition) is 2. The predicted octanol–water partition coefficient (Wildman–Crippen LogP) is 2.71. The summed E-state index contributed by atoms with van der Waals surface area (Å²) >= 11 is 0. The molecule has 0 saturated carbocycles. The molecule has 1 heterocycles. The molecule has 0 amide bonds. The third-order valence-corrected chi connectivity index (χ3v) is 2.64. The van der Waals surface area contributed by atoms with Gasteiger partial charge in [0, 0.05) is 12.2 Å². The highest BCUT2D eigenvalue weighted by Crippen LogP contribution is 2.27. The number of aryl methyl sites for hydroxylation is 1. The maximum atomic E-state index is 3.46. The lowest BCUT2D eigenvalue weighted by Gasteiger charge is -2.15. The predicted molar refractivity (Wildman–Crippen MR) is 56.2 cm³/mol. The number of rotatable bonds is 2. The largest absolute Gasteiger partial charge is 0.369 e. The second kappa shape index (κ2) is 3.44. The van der Waals surface area contributed by atoms with E-state index in [1.165, 1.54) is 42.6 Å². The van der Waals surface area contributed by atoms with Crippen LogP contribution in [0.3, 0.4) is 0 Å². The first-order chi connectivity index (χ1) is 6.27. The second-order valence-electron chi connectivity index (χ2n) is 4.17. The maximum absolute atomic E-state index is 3.46. The molecule has 0 bridgehead atoms. The van der Waals surface area contributed by atoms with Gasteiger partial charge in [0.15, 0.2) is 0 Å². The van der Waals surface area contributed by atoms with Gasteiger partial charge in [0.05, 0.1) is 0 Å². The highest BCUT2D eigenvalue weighted by molar-refractivity contribution is 5.51. The quantitative estimate of drug-likeness (QED) is 0.716. The summed E-state index contributed by atoms with van der Waals surface area (Å²) in [7, 11) is 0. The van der Waals surface area contributed by atoms with Crippen molar-refractivity contribution in [1.82, 2.24) is 4.98 Å². The Morgan fingerprint density at radius 1 is 1.31 bits per heavy atom. The number of aromatic nitrogens is 1. The zero-order valence-electron chi connectivity index (χ0n) is 8.48. The minimum atomic E-state index is 0.518. The van der Waals surface area contributed by atoms with Gasteiger partial charge >= 0.3 is 0 Å². The molecule has 2 nitrogen and oxygen atoms in total. The Morgan fingerprint density at radius 2 is 2.08 bits per heavy atom. The minimum Gasteiger partial charge on any atom is -0.369 e. The van der Waals surface area contributed by atoms with Crippen molar-refractivity contribution in [3.8, 4) is 0 Å². The molecular weight excluding hydrogens is 160 g/mol. The van der Waals surface area contributed by atoms with E-state index in [-0.39, 0.29) is 0 Å². The fraction of sp³-hybridized carbons (Fsp3) is 0.636. The van der Waals surface area contributed by atoms with Crippen LogP contribution in [0.15, 0.2) is 6.20 Å². The molecule has 0 aliphatic heterocycles. The van der Waals surface area contributed by atoms with Crippen molar-refractivity contribution < 1.29 is 0 Å². The maximum Gasteiger partial charge on any atom is 0.106 e. The van der Waals surface area contributed by atoms with Gasteiger partial charge in [-0.2, -0.15) is 0 Å². The van der Waals surface area contributed by atoms with Crippen molar-refractivity contribution >= 4 is 5.82 Å². The molecule has 0 aromatic carbocycles. The molecule has 1 aromatic heterocycles. The molecule has 0 saturated heterocycles. The molecule has 0 radical (unpaired) electrons. The van der Waals surface area contributed by atoms with Gasteiger partial charge in [-0.05, 0) is 50.7 Å². The van der Waals surface area contributed by atoms with Crippen molar-refractivity contribution in [3.63, 3.8) is 0 Å². The summed E-state index contributed by atoms with van der Waals surface area (Å²) in [5, 5.41) is 3.46. The lowest BCUT2D eigenvalue weighted by atomic mass is 9.95. The van der Waals surface area contributed by atoms with E-state index < -0.39 is 0 Å². The average molecular weight is 178 g/mol. The minimum absolute atomic E-state index is 0.518. The van der Waals surface area contributed by atoms with E-state index in [2.05, 4.69) is 30.3 Å². The molecule has 2 heteroatoms. The first kappa shape index (κ1) is 8.67. The van der Waals surface area contributed by atoms with Crippen molar-refractivity contribution in [2.24, 2.45) is 0 Å². The number of aromatic amines is 1. The van der Waals surface area contributed by atoms with Crippen LogP contribution in [0.25, 0.3) is 0 Å². The van der Waals surface area contributed by atoms with Crippen LogP contribution >= 0.6 is 0 Å². The lowest BCUT2D eigenvalue weighted by molar-refractivity contribution is 0.690. The van der Waals surface area contributed by atoms with Gasteiger partial charge in [-0.1, -0.05) is 0 Å². The van der Waals surface area contributed by atoms with E-state index in [1.54, 1.807) is 0 Å². The highest BCUT2D eigenvalue weighted by atomic mass is 15.0. The summed E-state index contributed by atoms with van der Waals surface area (Å²) < 4.78 is 0. The fourth-order valence-electron chi connectivity index (χ4n) is 2.04. The Balaban J connectivity index is 2.21. The number of anilines is 1. The van der Waals surface area contributed by atoms with Crippen LogP contribution in [-0.4, -0.2) is 11.0 Å². The van der Waals surface area contributed by atoms with Crippen LogP contribution in [0, 0.1) is 0 Å². The van der Waals surface area contributed by atoms with Crippen LogP contribution in [-0.2, 0) is 12.8 Å². The normalized spacial score (nSPS) is 15.9.